The molecule has 1 saturated heterocycles. The lowest BCUT2D eigenvalue weighted by molar-refractivity contribution is -0.0892. The number of likely N-dealkylation sites (N-methyl/N-ethyl adjacent to an activating group) is 1. The van der Waals surface area contributed by atoms with E-state index < -0.39 is 0 Å². The molecule has 2 atom stereocenters. The van der Waals surface area contributed by atoms with Crippen molar-refractivity contribution >= 4 is 10.9 Å². The maximum absolute atomic E-state index is 6.20. The number of hydrogen-bond acceptors (Lipinski definition) is 3. The Morgan fingerprint density at radius 2 is 2.19 bits per heavy atom. The zero-order valence-corrected chi connectivity index (χ0v) is 12.9. The van der Waals surface area contributed by atoms with Crippen LogP contribution in [0.2, 0.25) is 0 Å². The molecule has 1 aliphatic rings. The van der Waals surface area contributed by atoms with E-state index in [1.165, 1.54) is 23.8 Å². The van der Waals surface area contributed by atoms with Crippen LogP contribution in [-0.4, -0.2) is 23.7 Å². The maximum Gasteiger partial charge on any atom is 0.0848 e. The highest BCUT2D eigenvalue weighted by atomic mass is 16.5. The van der Waals surface area contributed by atoms with Gasteiger partial charge in [-0.15, -0.1) is 0 Å². The lowest BCUT2D eigenvalue weighted by Crippen LogP contribution is -2.46. The van der Waals surface area contributed by atoms with Gasteiger partial charge in [0, 0.05) is 18.2 Å². The van der Waals surface area contributed by atoms with Gasteiger partial charge in [-0.25, -0.2) is 0 Å². The van der Waals surface area contributed by atoms with E-state index in [0.717, 1.165) is 25.1 Å². The van der Waals surface area contributed by atoms with Crippen molar-refractivity contribution in [3.63, 3.8) is 0 Å². The molecule has 2 unspecified atom stereocenters. The summed E-state index contributed by atoms with van der Waals surface area (Å²) in [5, 5.41) is 4.87. The van der Waals surface area contributed by atoms with E-state index in [-0.39, 0.29) is 11.6 Å². The second-order valence-corrected chi connectivity index (χ2v) is 6.03. The summed E-state index contributed by atoms with van der Waals surface area (Å²) in [5.74, 6) is 0. The Kier molecular flexibility index (Phi) is 4.22. The number of nitrogens with one attached hydrogen (secondary N) is 1. The molecule has 2 heterocycles. The van der Waals surface area contributed by atoms with Gasteiger partial charge in [-0.3, -0.25) is 4.98 Å². The second kappa shape index (κ2) is 6.12. The number of benzene rings is 1. The average molecular weight is 284 g/mol. The van der Waals surface area contributed by atoms with Crippen LogP contribution < -0.4 is 5.32 Å². The molecule has 0 saturated carbocycles. The van der Waals surface area contributed by atoms with Crippen LogP contribution in [0.4, 0.5) is 0 Å². The van der Waals surface area contributed by atoms with Gasteiger partial charge in [0.1, 0.15) is 0 Å². The van der Waals surface area contributed by atoms with Crippen LogP contribution in [0, 0.1) is 0 Å². The van der Waals surface area contributed by atoms with Gasteiger partial charge < -0.3 is 10.1 Å². The summed E-state index contributed by atoms with van der Waals surface area (Å²) in [6.07, 6.45) is 5.36. The van der Waals surface area contributed by atoms with Crippen molar-refractivity contribution in [1.29, 1.82) is 0 Å². The average Bonchev–Trinajstić information content (AvgIpc) is 2.53. The van der Waals surface area contributed by atoms with Gasteiger partial charge in [0.2, 0.25) is 0 Å². The fourth-order valence-electron chi connectivity index (χ4n) is 3.42. The lowest BCUT2D eigenvalue weighted by atomic mass is 9.83. The van der Waals surface area contributed by atoms with Crippen molar-refractivity contribution in [3.8, 4) is 0 Å². The van der Waals surface area contributed by atoms with E-state index in [0.29, 0.717) is 0 Å². The number of rotatable bonds is 4. The molecule has 0 spiro atoms. The first-order valence-electron chi connectivity index (χ1n) is 7.95. The zero-order chi connectivity index (χ0) is 14.7. The molecule has 1 aromatic carbocycles. The van der Waals surface area contributed by atoms with Crippen LogP contribution in [0.15, 0.2) is 36.5 Å². The molecule has 0 amide bonds. The summed E-state index contributed by atoms with van der Waals surface area (Å²) in [7, 11) is 0. The topological polar surface area (TPSA) is 34.2 Å². The molecule has 0 aliphatic carbocycles. The second-order valence-electron chi connectivity index (χ2n) is 6.03. The minimum Gasteiger partial charge on any atom is -0.373 e. The van der Waals surface area contributed by atoms with Gasteiger partial charge in [-0.2, -0.15) is 0 Å². The number of hydrogen-bond donors (Lipinski definition) is 1. The van der Waals surface area contributed by atoms with Crippen molar-refractivity contribution in [2.45, 2.75) is 44.8 Å². The normalized spacial score (nSPS) is 24.1. The Balaban J connectivity index is 2.07. The largest absolute Gasteiger partial charge is 0.373 e. The van der Waals surface area contributed by atoms with Gasteiger partial charge >= 0.3 is 0 Å². The fraction of sp³-hybridized carbons (Fsp3) is 0.500. The highest BCUT2D eigenvalue weighted by Gasteiger charge is 2.38. The number of nitrogens with zero attached hydrogens (tertiary/aromatic N) is 1. The van der Waals surface area contributed by atoms with Crippen LogP contribution in [0.5, 0.6) is 0 Å². The molecule has 1 aromatic heterocycles. The quantitative estimate of drug-likeness (QED) is 0.926. The van der Waals surface area contributed by atoms with Crippen molar-refractivity contribution in [2.75, 3.05) is 13.2 Å². The Bertz CT molecular complexity index is 600. The van der Waals surface area contributed by atoms with Crippen molar-refractivity contribution in [1.82, 2.24) is 10.3 Å². The minimum atomic E-state index is -0.140. The van der Waals surface area contributed by atoms with Gasteiger partial charge in [-0.1, -0.05) is 25.1 Å². The summed E-state index contributed by atoms with van der Waals surface area (Å²) in [4.78, 5) is 4.48. The molecule has 1 fully saturated rings. The molecule has 1 N–H and O–H groups in total. The van der Waals surface area contributed by atoms with Gasteiger partial charge in [0.05, 0.1) is 17.2 Å². The number of pyridine rings is 1. The molecule has 21 heavy (non-hydrogen) atoms. The smallest absolute Gasteiger partial charge is 0.0848 e. The third-order valence-electron chi connectivity index (χ3n) is 4.51. The predicted molar refractivity (Wildman–Crippen MR) is 86.4 cm³/mol. The first-order valence-corrected chi connectivity index (χ1v) is 7.95. The monoisotopic (exact) mass is 284 g/mol. The van der Waals surface area contributed by atoms with Crippen LogP contribution in [0.25, 0.3) is 10.9 Å². The molecule has 1 aliphatic heterocycles. The van der Waals surface area contributed by atoms with Crippen LogP contribution in [0.3, 0.4) is 0 Å². The van der Waals surface area contributed by atoms with E-state index in [1.807, 2.05) is 12.3 Å². The first-order chi connectivity index (χ1) is 10.2. The summed E-state index contributed by atoms with van der Waals surface area (Å²) in [6, 6.07) is 10.8. The SMILES string of the molecule is CCNC(c1cccc2ncccc12)C1(C)CCCCO1. The van der Waals surface area contributed by atoms with Gasteiger partial charge in [-0.05, 0) is 50.4 Å². The zero-order valence-electron chi connectivity index (χ0n) is 12.9. The lowest BCUT2D eigenvalue weighted by Gasteiger charge is -2.41. The molecule has 3 heteroatoms. The van der Waals surface area contributed by atoms with Crippen molar-refractivity contribution in [3.05, 3.63) is 42.1 Å². The third-order valence-corrected chi connectivity index (χ3v) is 4.51. The number of aromatic nitrogens is 1. The number of ether oxygens (including phenoxy) is 1. The Labute approximate surface area is 126 Å². The number of fused-ring (bicyclic) bond motifs is 1. The van der Waals surface area contributed by atoms with E-state index in [1.54, 1.807) is 0 Å². The van der Waals surface area contributed by atoms with Crippen molar-refractivity contribution < 1.29 is 4.74 Å². The summed E-state index contributed by atoms with van der Waals surface area (Å²) in [5.41, 5.74) is 2.21. The highest BCUT2D eigenvalue weighted by molar-refractivity contribution is 5.82. The molecular weight excluding hydrogens is 260 g/mol. The molecule has 3 rings (SSSR count). The summed E-state index contributed by atoms with van der Waals surface area (Å²) < 4.78 is 6.20. The summed E-state index contributed by atoms with van der Waals surface area (Å²) in [6.45, 7) is 6.19. The molecule has 0 bridgehead atoms. The van der Waals surface area contributed by atoms with Gasteiger partial charge in [0.15, 0.2) is 0 Å². The summed E-state index contributed by atoms with van der Waals surface area (Å²) >= 11 is 0. The van der Waals surface area contributed by atoms with E-state index >= 15 is 0 Å². The predicted octanol–water partition coefficient (Wildman–Crippen LogP) is 3.84. The Hall–Kier alpha value is -1.45. The van der Waals surface area contributed by atoms with Crippen LogP contribution >= 0.6 is 0 Å². The fourth-order valence-corrected chi connectivity index (χ4v) is 3.42. The van der Waals surface area contributed by atoms with Gasteiger partial charge in [0.25, 0.3) is 0 Å². The highest BCUT2D eigenvalue weighted by Crippen LogP contribution is 2.38. The van der Waals surface area contributed by atoms with Crippen LogP contribution in [-0.2, 0) is 4.74 Å². The van der Waals surface area contributed by atoms with Crippen LogP contribution in [0.1, 0.15) is 44.7 Å². The van der Waals surface area contributed by atoms with E-state index in [2.05, 4.69) is 48.4 Å². The van der Waals surface area contributed by atoms with E-state index in [4.69, 9.17) is 4.74 Å². The minimum absolute atomic E-state index is 0.140. The molecule has 112 valence electrons. The Morgan fingerprint density at radius 3 is 2.95 bits per heavy atom. The third kappa shape index (κ3) is 2.81. The Morgan fingerprint density at radius 1 is 1.29 bits per heavy atom. The van der Waals surface area contributed by atoms with E-state index in [9.17, 15) is 0 Å². The standard InChI is InChI=1S/C18H24N2O/c1-3-19-17(18(2)11-4-5-13-21-18)15-8-6-10-16-14(15)9-7-12-20-16/h6-10,12,17,19H,3-5,11,13H2,1-2H3. The van der Waals surface area contributed by atoms with Crippen molar-refractivity contribution in [2.24, 2.45) is 0 Å². The molecular formula is C18H24N2O. The maximum atomic E-state index is 6.20. The molecule has 3 nitrogen and oxygen atoms in total. The molecule has 0 radical (unpaired) electrons. The first kappa shape index (κ1) is 14.5. The molecule has 2 aromatic rings.